The molecule has 0 aliphatic rings. The van der Waals surface area contributed by atoms with Gasteiger partial charge >= 0.3 is 0 Å². The molecule has 0 atom stereocenters. The molecule has 0 amide bonds. The van der Waals surface area contributed by atoms with E-state index in [2.05, 4.69) is 5.11 Å². The molecule has 2 aromatic rings. The van der Waals surface area contributed by atoms with E-state index in [1.54, 1.807) is 12.3 Å². The van der Waals surface area contributed by atoms with Gasteiger partial charge < -0.3 is 4.52 Å². The van der Waals surface area contributed by atoms with E-state index < -0.39 is 0 Å². The van der Waals surface area contributed by atoms with E-state index in [9.17, 15) is 0 Å². The second-order valence-electron chi connectivity index (χ2n) is 1.93. The summed E-state index contributed by atoms with van der Waals surface area (Å²) in [6.07, 6.45) is 1.56. The van der Waals surface area contributed by atoms with Gasteiger partial charge in [-0.3, -0.25) is 0 Å². The van der Waals surface area contributed by atoms with E-state index in [4.69, 9.17) is 10.1 Å². The molecule has 0 unspecified atom stereocenters. The van der Waals surface area contributed by atoms with Gasteiger partial charge in [0.2, 0.25) is 0 Å². The molecular formula is C6H5N3O. The molecule has 0 bridgehead atoms. The summed E-state index contributed by atoms with van der Waals surface area (Å²) in [5.74, 6) is 0.514. The molecule has 10 heavy (non-hydrogen) atoms. The van der Waals surface area contributed by atoms with Crippen molar-refractivity contribution in [2.75, 3.05) is 0 Å². The first-order valence-electron chi connectivity index (χ1n) is 2.85. The van der Waals surface area contributed by atoms with Gasteiger partial charge in [-0.2, -0.15) is 4.57 Å². The topological polar surface area (TPSA) is 53.8 Å². The molecule has 0 saturated carbocycles. The molecule has 0 saturated heterocycles. The largest absolute Gasteiger partial charge is 0.381 e. The number of aromatic nitrogens is 1. The molecule has 2 rings (SSSR count). The lowest BCUT2D eigenvalue weighted by Crippen LogP contribution is -1.70. The Morgan fingerprint density at radius 3 is 3.10 bits per heavy atom. The van der Waals surface area contributed by atoms with Crippen molar-refractivity contribution in [3.8, 4) is 0 Å². The molecular weight excluding hydrogens is 130 g/mol. The lowest BCUT2D eigenvalue weighted by atomic mass is 10.5. The van der Waals surface area contributed by atoms with Gasteiger partial charge in [-0.1, -0.05) is 0 Å². The molecule has 0 radical (unpaired) electrons. The predicted octanol–water partition coefficient (Wildman–Crippen LogP) is 2.19. The third-order valence-electron chi connectivity index (χ3n) is 1.37. The quantitative estimate of drug-likeness (QED) is 0.598. The highest BCUT2D eigenvalue weighted by molar-refractivity contribution is 5.52. The van der Waals surface area contributed by atoms with Crippen LogP contribution in [0.15, 0.2) is 34.1 Å². The Bertz CT molecular complexity index is 360. The smallest absolute Gasteiger partial charge is 0.190 e. The van der Waals surface area contributed by atoms with Crippen LogP contribution in [0.3, 0.4) is 0 Å². The zero-order chi connectivity index (χ0) is 6.97. The fourth-order valence-corrected chi connectivity index (χ4v) is 0.909. The maximum atomic E-state index is 6.73. The summed E-state index contributed by atoms with van der Waals surface area (Å²) in [5, 5.41) is 3.25. The first-order valence-corrected chi connectivity index (χ1v) is 2.85. The Hall–Kier alpha value is -1.58. The van der Waals surface area contributed by atoms with Crippen LogP contribution in [0.5, 0.6) is 0 Å². The number of hydrogen-bond acceptors (Lipinski definition) is 3. The molecule has 1 N–H and O–H groups in total. The number of fused-ring (bicyclic) bond motifs is 1. The molecule has 0 fully saturated rings. The molecule has 0 aliphatic heterocycles. The van der Waals surface area contributed by atoms with Crippen molar-refractivity contribution >= 4 is 11.3 Å². The van der Waals surface area contributed by atoms with Crippen LogP contribution in [0, 0.1) is 5.53 Å². The van der Waals surface area contributed by atoms with Crippen LogP contribution in [0.2, 0.25) is 0 Å². The number of rotatable bonds is 1. The summed E-state index contributed by atoms with van der Waals surface area (Å²) in [7, 11) is 0. The SMILES string of the molecule is N=Nc1ccc2ccon12. The monoisotopic (exact) mass is 135 g/mol. The first-order chi connectivity index (χ1) is 4.92. The number of nitrogens with zero attached hydrogens (tertiary/aromatic N) is 2. The van der Waals surface area contributed by atoms with Crippen molar-refractivity contribution in [1.82, 2.24) is 4.57 Å². The fraction of sp³-hybridized carbons (Fsp3) is 0. The average molecular weight is 135 g/mol. The standard InChI is InChI=1S/C6H5N3O/c7-8-6-2-1-5-3-4-10-9(5)6/h1-4,7H. The summed E-state index contributed by atoms with van der Waals surface area (Å²) >= 11 is 0. The minimum absolute atomic E-state index is 0.514. The zero-order valence-corrected chi connectivity index (χ0v) is 5.11. The summed E-state index contributed by atoms with van der Waals surface area (Å²) in [4.78, 5) is 0. The minimum Gasteiger partial charge on any atom is -0.381 e. The highest BCUT2D eigenvalue weighted by Gasteiger charge is 1.99. The van der Waals surface area contributed by atoms with Gasteiger partial charge in [-0.25, -0.2) is 5.53 Å². The van der Waals surface area contributed by atoms with Gasteiger partial charge in [0, 0.05) is 6.07 Å². The average Bonchev–Trinajstić information content (AvgIpc) is 2.44. The molecule has 2 heterocycles. The van der Waals surface area contributed by atoms with Crippen LogP contribution in [-0.2, 0) is 0 Å². The molecule has 4 nitrogen and oxygen atoms in total. The Morgan fingerprint density at radius 2 is 2.30 bits per heavy atom. The third kappa shape index (κ3) is 0.500. The first kappa shape index (κ1) is 5.22. The van der Waals surface area contributed by atoms with Gasteiger partial charge in [-0.05, 0) is 12.1 Å². The molecule has 2 aromatic heterocycles. The van der Waals surface area contributed by atoms with Gasteiger partial charge in [-0.15, -0.1) is 5.11 Å². The molecule has 0 aliphatic carbocycles. The molecule has 4 heteroatoms. The van der Waals surface area contributed by atoms with E-state index in [0.717, 1.165) is 5.52 Å². The number of nitrogens with one attached hydrogen (secondary N) is 1. The Morgan fingerprint density at radius 1 is 1.40 bits per heavy atom. The van der Waals surface area contributed by atoms with E-state index in [1.165, 1.54) is 4.57 Å². The van der Waals surface area contributed by atoms with Crippen LogP contribution in [0.1, 0.15) is 0 Å². The Kier molecular flexibility index (Phi) is 0.887. The Balaban J connectivity index is 2.88. The summed E-state index contributed by atoms with van der Waals surface area (Å²) in [6.45, 7) is 0. The van der Waals surface area contributed by atoms with E-state index >= 15 is 0 Å². The maximum absolute atomic E-state index is 6.73. The predicted molar refractivity (Wildman–Crippen MR) is 34.5 cm³/mol. The second-order valence-corrected chi connectivity index (χ2v) is 1.93. The Labute approximate surface area is 56.5 Å². The zero-order valence-electron chi connectivity index (χ0n) is 5.11. The van der Waals surface area contributed by atoms with Crippen molar-refractivity contribution in [3.05, 3.63) is 24.5 Å². The van der Waals surface area contributed by atoms with E-state index in [1.807, 2.05) is 12.1 Å². The lowest BCUT2D eigenvalue weighted by Gasteiger charge is -1.83. The van der Waals surface area contributed by atoms with Crippen molar-refractivity contribution < 1.29 is 4.52 Å². The maximum Gasteiger partial charge on any atom is 0.190 e. The van der Waals surface area contributed by atoms with Crippen molar-refractivity contribution in [1.29, 1.82) is 5.53 Å². The highest BCUT2D eigenvalue weighted by Crippen LogP contribution is 2.17. The fourth-order valence-electron chi connectivity index (χ4n) is 0.909. The summed E-state index contributed by atoms with van der Waals surface area (Å²) in [6, 6.07) is 5.39. The summed E-state index contributed by atoms with van der Waals surface area (Å²) < 4.78 is 6.48. The van der Waals surface area contributed by atoms with Crippen LogP contribution in [-0.4, -0.2) is 4.57 Å². The van der Waals surface area contributed by atoms with Gasteiger partial charge in [0.05, 0.1) is 5.52 Å². The van der Waals surface area contributed by atoms with Crippen LogP contribution in [0.4, 0.5) is 5.82 Å². The van der Waals surface area contributed by atoms with Crippen molar-refractivity contribution in [3.63, 3.8) is 0 Å². The lowest BCUT2D eigenvalue weighted by molar-refractivity contribution is 0.380. The van der Waals surface area contributed by atoms with E-state index in [0.29, 0.717) is 5.82 Å². The van der Waals surface area contributed by atoms with Gasteiger partial charge in [0.15, 0.2) is 5.82 Å². The number of hydrogen-bond donors (Lipinski definition) is 1. The van der Waals surface area contributed by atoms with Crippen molar-refractivity contribution in [2.45, 2.75) is 0 Å². The molecule has 50 valence electrons. The summed E-state index contributed by atoms with van der Waals surface area (Å²) in [5.41, 5.74) is 7.65. The highest BCUT2D eigenvalue weighted by atomic mass is 16.5. The van der Waals surface area contributed by atoms with Crippen molar-refractivity contribution in [2.24, 2.45) is 5.11 Å². The van der Waals surface area contributed by atoms with E-state index in [-0.39, 0.29) is 0 Å². The van der Waals surface area contributed by atoms with Crippen LogP contribution >= 0.6 is 0 Å². The minimum atomic E-state index is 0.514. The molecule has 0 aromatic carbocycles. The van der Waals surface area contributed by atoms with Gasteiger partial charge in [0.25, 0.3) is 0 Å². The molecule has 0 spiro atoms. The second kappa shape index (κ2) is 1.70. The third-order valence-corrected chi connectivity index (χ3v) is 1.37. The van der Waals surface area contributed by atoms with Crippen LogP contribution in [0.25, 0.3) is 5.52 Å². The van der Waals surface area contributed by atoms with Crippen LogP contribution < -0.4 is 0 Å². The normalized spacial score (nSPS) is 10.4. The van der Waals surface area contributed by atoms with Gasteiger partial charge in [0.1, 0.15) is 6.26 Å².